The van der Waals surface area contributed by atoms with E-state index in [0.29, 0.717) is 52.4 Å². The number of carboxylic acid groups (broad SMARTS) is 1. The van der Waals surface area contributed by atoms with Gasteiger partial charge in [0.25, 0.3) is 0 Å². The van der Waals surface area contributed by atoms with Crippen LogP contribution in [0.1, 0.15) is 20.8 Å². The topological polar surface area (TPSA) is 106 Å². The molecule has 0 aromatic carbocycles. The lowest BCUT2D eigenvalue weighted by molar-refractivity contribution is 0.0146. The van der Waals surface area contributed by atoms with Crippen LogP contribution in [0.4, 0.5) is 14.4 Å². The van der Waals surface area contributed by atoms with E-state index in [1.54, 1.807) is 9.80 Å². The number of nitrogens with one attached hydrogen (secondary N) is 1. The van der Waals surface area contributed by atoms with E-state index in [-0.39, 0.29) is 12.1 Å². The zero-order chi connectivity index (χ0) is 20.0. The SMILES string of the molecule is CC(C)(C)OC(=O)N1CCN(CCNC(=O)N2CCN(C(=O)O)CC2)CC1. The molecule has 2 N–H and O–H groups in total. The number of amides is 4. The van der Waals surface area contributed by atoms with Gasteiger partial charge in [-0.25, -0.2) is 14.4 Å². The van der Waals surface area contributed by atoms with Crippen LogP contribution in [-0.4, -0.2) is 114 Å². The van der Waals surface area contributed by atoms with Crippen molar-refractivity contribution in [3.63, 3.8) is 0 Å². The summed E-state index contributed by atoms with van der Waals surface area (Å²) in [5.41, 5.74) is -0.492. The molecule has 10 nitrogen and oxygen atoms in total. The van der Waals surface area contributed by atoms with Crippen molar-refractivity contribution < 1.29 is 24.2 Å². The Morgan fingerprint density at radius 2 is 1.41 bits per heavy atom. The second kappa shape index (κ2) is 9.12. The maximum Gasteiger partial charge on any atom is 0.410 e. The van der Waals surface area contributed by atoms with Gasteiger partial charge in [0.05, 0.1) is 0 Å². The minimum Gasteiger partial charge on any atom is -0.465 e. The summed E-state index contributed by atoms with van der Waals surface area (Å²) >= 11 is 0. The Morgan fingerprint density at radius 3 is 1.93 bits per heavy atom. The lowest BCUT2D eigenvalue weighted by Gasteiger charge is -2.36. The van der Waals surface area contributed by atoms with E-state index < -0.39 is 11.7 Å². The fourth-order valence-corrected chi connectivity index (χ4v) is 3.01. The molecule has 2 saturated heterocycles. The number of carbonyl (C=O) groups excluding carboxylic acids is 2. The molecule has 2 heterocycles. The maximum absolute atomic E-state index is 12.2. The number of piperazine rings is 2. The van der Waals surface area contributed by atoms with E-state index in [1.165, 1.54) is 4.90 Å². The molecule has 154 valence electrons. The van der Waals surface area contributed by atoms with Gasteiger partial charge in [-0.1, -0.05) is 0 Å². The van der Waals surface area contributed by atoms with Gasteiger partial charge in [-0.15, -0.1) is 0 Å². The van der Waals surface area contributed by atoms with E-state index in [1.807, 2.05) is 20.8 Å². The van der Waals surface area contributed by atoms with Gasteiger partial charge >= 0.3 is 18.2 Å². The van der Waals surface area contributed by atoms with E-state index in [0.717, 1.165) is 13.1 Å². The van der Waals surface area contributed by atoms with E-state index in [4.69, 9.17) is 9.84 Å². The monoisotopic (exact) mass is 385 g/mol. The van der Waals surface area contributed by atoms with E-state index >= 15 is 0 Å². The molecular formula is C17H31N5O5. The smallest absolute Gasteiger partial charge is 0.410 e. The third-order valence-corrected chi connectivity index (χ3v) is 4.57. The van der Waals surface area contributed by atoms with Crippen molar-refractivity contribution in [1.82, 2.24) is 24.9 Å². The normalized spacial score (nSPS) is 19.0. The summed E-state index contributed by atoms with van der Waals surface area (Å²) in [4.78, 5) is 41.9. The van der Waals surface area contributed by atoms with Crippen LogP contribution in [-0.2, 0) is 4.74 Å². The first-order chi connectivity index (χ1) is 12.7. The highest BCUT2D eigenvalue weighted by Crippen LogP contribution is 2.11. The number of rotatable bonds is 3. The molecule has 0 aromatic heterocycles. The number of hydrogen-bond donors (Lipinski definition) is 2. The summed E-state index contributed by atoms with van der Waals surface area (Å²) in [6.45, 7) is 11.0. The summed E-state index contributed by atoms with van der Waals surface area (Å²) < 4.78 is 5.38. The molecule has 0 radical (unpaired) electrons. The van der Waals surface area contributed by atoms with Crippen molar-refractivity contribution in [2.75, 3.05) is 65.4 Å². The Morgan fingerprint density at radius 1 is 0.889 bits per heavy atom. The van der Waals surface area contributed by atoms with Gasteiger partial charge in [0.15, 0.2) is 0 Å². The van der Waals surface area contributed by atoms with Gasteiger partial charge in [-0.05, 0) is 20.8 Å². The van der Waals surface area contributed by atoms with Gasteiger partial charge in [0, 0.05) is 65.4 Å². The first-order valence-electron chi connectivity index (χ1n) is 9.36. The molecule has 4 amide bonds. The standard InChI is InChI=1S/C17H31N5O5/c1-17(2,3)27-16(26)22-8-6-19(7-9-22)5-4-18-14(23)20-10-12-21(13-11-20)15(24)25/h4-13H2,1-3H3,(H,18,23)(H,24,25). The molecule has 2 aliphatic rings. The van der Waals surface area contributed by atoms with Crippen LogP contribution in [0.3, 0.4) is 0 Å². The lowest BCUT2D eigenvalue weighted by Crippen LogP contribution is -2.54. The Kier molecular flexibility index (Phi) is 7.11. The zero-order valence-electron chi connectivity index (χ0n) is 16.4. The average Bonchev–Trinajstić information content (AvgIpc) is 2.60. The molecule has 0 aromatic rings. The predicted octanol–water partition coefficient (Wildman–Crippen LogP) is 0.544. The van der Waals surface area contributed by atoms with Crippen LogP contribution in [0.5, 0.6) is 0 Å². The average molecular weight is 385 g/mol. The molecule has 0 saturated carbocycles. The minimum absolute atomic E-state index is 0.160. The highest BCUT2D eigenvalue weighted by Gasteiger charge is 2.26. The molecule has 0 atom stereocenters. The highest BCUT2D eigenvalue weighted by atomic mass is 16.6. The Hall–Kier alpha value is -2.23. The Labute approximate surface area is 160 Å². The molecule has 2 rings (SSSR count). The first-order valence-corrected chi connectivity index (χ1v) is 9.36. The van der Waals surface area contributed by atoms with Crippen LogP contribution in [0, 0.1) is 0 Å². The third kappa shape index (κ3) is 6.78. The van der Waals surface area contributed by atoms with Crippen molar-refractivity contribution in [2.45, 2.75) is 26.4 Å². The molecule has 0 spiro atoms. The second-order valence-electron chi connectivity index (χ2n) is 7.80. The van der Waals surface area contributed by atoms with Crippen molar-refractivity contribution >= 4 is 18.2 Å². The highest BCUT2D eigenvalue weighted by molar-refractivity contribution is 5.74. The number of urea groups is 1. The Balaban J connectivity index is 1.61. The van der Waals surface area contributed by atoms with Gasteiger partial charge in [-0.2, -0.15) is 0 Å². The Bertz CT molecular complexity index is 534. The molecule has 2 fully saturated rings. The molecule has 27 heavy (non-hydrogen) atoms. The van der Waals surface area contributed by atoms with Crippen LogP contribution in [0.25, 0.3) is 0 Å². The number of hydrogen-bond acceptors (Lipinski definition) is 5. The minimum atomic E-state index is -0.944. The summed E-state index contributed by atoms with van der Waals surface area (Å²) in [5, 5.41) is 11.8. The number of ether oxygens (including phenoxy) is 1. The van der Waals surface area contributed by atoms with Crippen LogP contribution in [0.15, 0.2) is 0 Å². The summed E-state index contributed by atoms with van der Waals surface area (Å²) in [5.74, 6) is 0. The van der Waals surface area contributed by atoms with Crippen LogP contribution >= 0.6 is 0 Å². The fourth-order valence-electron chi connectivity index (χ4n) is 3.01. The summed E-state index contributed by atoms with van der Waals surface area (Å²) in [6.07, 6.45) is -1.23. The van der Waals surface area contributed by atoms with Crippen molar-refractivity contribution in [3.8, 4) is 0 Å². The second-order valence-corrected chi connectivity index (χ2v) is 7.80. The maximum atomic E-state index is 12.2. The van der Waals surface area contributed by atoms with Crippen molar-refractivity contribution in [3.05, 3.63) is 0 Å². The fraction of sp³-hybridized carbons (Fsp3) is 0.824. The van der Waals surface area contributed by atoms with Gasteiger partial charge in [0.2, 0.25) is 0 Å². The van der Waals surface area contributed by atoms with Gasteiger partial charge in [-0.3, -0.25) is 4.90 Å². The van der Waals surface area contributed by atoms with Gasteiger partial charge in [0.1, 0.15) is 5.60 Å². The van der Waals surface area contributed by atoms with Crippen LogP contribution < -0.4 is 5.32 Å². The molecule has 2 aliphatic heterocycles. The summed E-state index contributed by atoms with van der Waals surface area (Å²) in [6, 6.07) is -0.160. The van der Waals surface area contributed by atoms with E-state index in [2.05, 4.69) is 10.2 Å². The van der Waals surface area contributed by atoms with Crippen LogP contribution in [0.2, 0.25) is 0 Å². The van der Waals surface area contributed by atoms with Gasteiger partial charge < -0.3 is 29.9 Å². The largest absolute Gasteiger partial charge is 0.465 e. The third-order valence-electron chi connectivity index (χ3n) is 4.57. The summed E-state index contributed by atoms with van der Waals surface area (Å²) in [7, 11) is 0. The van der Waals surface area contributed by atoms with Crippen molar-refractivity contribution in [2.24, 2.45) is 0 Å². The number of nitrogens with zero attached hydrogens (tertiary/aromatic N) is 4. The molecular weight excluding hydrogens is 354 g/mol. The molecule has 0 aliphatic carbocycles. The number of carbonyl (C=O) groups is 3. The quantitative estimate of drug-likeness (QED) is 0.735. The molecule has 10 heteroatoms. The predicted molar refractivity (Wildman–Crippen MR) is 98.8 cm³/mol. The first kappa shape index (κ1) is 21.1. The molecule has 0 bridgehead atoms. The zero-order valence-corrected chi connectivity index (χ0v) is 16.4. The molecule has 0 unspecified atom stereocenters. The lowest BCUT2D eigenvalue weighted by atomic mass is 10.2. The van der Waals surface area contributed by atoms with Crippen molar-refractivity contribution in [1.29, 1.82) is 0 Å². The van der Waals surface area contributed by atoms with E-state index in [9.17, 15) is 14.4 Å².